The van der Waals surface area contributed by atoms with Crippen LogP contribution in [0.25, 0.3) is 0 Å². The Labute approximate surface area is 63.4 Å². The van der Waals surface area contributed by atoms with E-state index in [-0.39, 0.29) is 6.42 Å². The molecule has 0 heterocycles. The normalized spacial score (nSPS) is 14.3. The third-order valence-corrected chi connectivity index (χ3v) is 1.34. The van der Waals surface area contributed by atoms with E-state index in [4.69, 9.17) is 5.11 Å². The Morgan fingerprint density at radius 2 is 2.18 bits per heavy atom. The number of amides is 1. The van der Waals surface area contributed by atoms with E-state index in [9.17, 15) is 13.6 Å². The van der Waals surface area contributed by atoms with Crippen LogP contribution in [0, 0.1) is 0 Å². The van der Waals surface area contributed by atoms with Gasteiger partial charge in [0.25, 0.3) is 5.91 Å². The molecule has 0 rings (SSSR count). The van der Waals surface area contributed by atoms with Crippen molar-refractivity contribution >= 4 is 5.91 Å². The van der Waals surface area contributed by atoms with Gasteiger partial charge in [-0.05, 0) is 6.42 Å². The minimum Gasteiger partial charge on any atom is -0.386 e. The van der Waals surface area contributed by atoms with E-state index < -0.39 is 17.9 Å². The van der Waals surface area contributed by atoms with Crippen LogP contribution in [0.5, 0.6) is 0 Å². The lowest BCUT2D eigenvalue weighted by molar-refractivity contribution is -0.162. The molecule has 0 radical (unpaired) electrons. The molecule has 0 unspecified atom stereocenters. The number of rotatable bonds is 3. The van der Waals surface area contributed by atoms with Gasteiger partial charge in [-0.25, -0.2) is 0 Å². The average Bonchev–Trinajstić information content (AvgIpc) is 2.01. The number of nitrogens with one attached hydrogen (secondary N) is 1. The van der Waals surface area contributed by atoms with Crippen LogP contribution in [0.1, 0.15) is 13.3 Å². The monoisotopic (exact) mass is 167 g/mol. The smallest absolute Gasteiger partial charge is 0.349 e. The van der Waals surface area contributed by atoms with Crippen LogP contribution in [-0.2, 0) is 4.79 Å². The molecule has 3 nitrogen and oxygen atoms in total. The highest BCUT2D eigenvalue weighted by atomic mass is 19.3. The van der Waals surface area contributed by atoms with Gasteiger partial charge in [-0.2, -0.15) is 8.78 Å². The van der Waals surface area contributed by atoms with Gasteiger partial charge in [0.15, 0.2) is 0 Å². The highest BCUT2D eigenvalue weighted by Gasteiger charge is 2.44. The summed E-state index contributed by atoms with van der Waals surface area (Å²) in [6.45, 7) is 1.38. The quantitative estimate of drug-likeness (QED) is 0.628. The fourth-order valence-corrected chi connectivity index (χ4v) is 0.574. The maximum atomic E-state index is 12.5. The molecule has 0 aliphatic heterocycles. The van der Waals surface area contributed by atoms with Crippen molar-refractivity contribution in [1.29, 1.82) is 0 Å². The highest BCUT2D eigenvalue weighted by molar-refractivity contribution is 5.83. The van der Waals surface area contributed by atoms with Gasteiger partial charge in [-0.3, -0.25) is 4.79 Å². The average molecular weight is 167 g/mol. The first-order valence-corrected chi connectivity index (χ1v) is 3.24. The van der Waals surface area contributed by atoms with E-state index in [0.29, 0.717) is 0 Å². The molecule has 0 spiro atoms. The van der Waals surface area contributed by atoms with Crippen molar-refractivity contribution in [2.75, 3.05) is 7.05 Å². The SMILES string of the molecule is CC[C@H](O)C(F)(F)C(=O)NC. The molecule has 0 aliphatic carbocycles. The van der Waals surface area contributed by atoms with E-state index in [1.807, 2.05) is 0 Å². The second kappa shape index (κ2) is 3.61. The van der Waals surface area contributed by atoms with Crippen molar-refractivity contribution in [3.63, 3.8) is 0 Å². The first-order chi connectivity index (χ1) is 4.96. The Kier molecular flexibility index (Phi) is 3.38. The van der Waals surface area contributed by atoms with Crippen LogP contribution < -0.4 is 5.32 Å². The molecule has 66 valence electrons. The summed E-state index contributed by atoms with van der Waals surface area (Å²) < 4.78 is 25.1. The molecule has 0 aromatic rings. The lowest BCUT2D eigenvalue weighted by Gasteiger charge is -2.18. The summed E-state index contributed by atoms with van der Waals surface area (Å²) in [5.74, 6) is -5.13. The number of alkyl halides is 2. The van der Waals surface area contributed by atoms with Gasteiger partial charge in [0, 0.05) is 7.05 Å². The molecule has 0 fully saturated rings. The van der Waals surface area contributed by atoms with Gasteiger partial charge < -0.3 is 10.4 Å². The summed E-state index contributed by atoms with van der Waals surface area (Å²) in [5, 5.41) is 10.4. The summed E-state index contributed by atoms with van der Waals surface area (Å²) in [6, 6.07) is 0. The number of carbonyl (C=O) groups excluding carboxylic acids is 1. The van der Waals surface area contributed by atoms with E-state index in [1.54, 1.807) is 5.32 Å². The Morgan fingerprint density at radius 3 is 2.45 bits per heavy atom. The maximum Gasteiger partial charge on any atom is 0.349 e. The largest absolute Gasteiger partial charge is 0.386 e. The third-order valence-electron chi connectivity index (χ3n) is 1.34. The molecule has 2 N–H and O–H groups in total. The fourth-order valence-electron chi connectivity index (χ4n) is 0.574. The van der Waals surface area contributed by atoms with Crippen LogP contribution >= 0.6 is 0 Å². The maximum absolute atomic E-state index is 12.5. The summed E-state index contributed by atoms with van der Waals surface area (Å²) in [5.41, 5.74) is 0. The van der Waals surface area contributed by atoms with Crippen molar-refractivity contribution in [1.82, 2.24) is 5.32 Å². The number of aliphatic hydroxyl groups is 1. The Balaban J connectivity index is 4.31. The van der Waals surface area contributed by atoms with Crippen LogP contribution in [-0.4, -0.2) is 30.1 Å². The molecule has 0 saturated carbocycles. The van der Waals surface area contributed by atoms with Gasteiger partial charge in [-0.15, -0.1) is 0 Å². The molecule has 0 bridgehead atoms. The highest BCUT2D eigenvalue weighted by Crippen LogP contribution is 2.20. The van der Waals surface area contributed by atoms with Gasteiger partial charge >= 0.3 is 5.92 Å². The molecule has 1 atom stereocenters. The van der Waals surface area contributed by atoms with Crippen molar-refractivity contribution in [3.05, 3.63) is 0 Å². The summed E-state index contributed by atoms with van der Waals surface area (Å²) in [6.07, 6.45) is -2.05. The van der Waals surface area contributed by atoms with Crippen molar-refractivity contribution < 1.29 is 18.7 Å². The molecule has 5 heteroatoms. The van der Waals surface area contributed by atoms with E-state index in [0.717, 1.165) is 7.05 Å². The Bertz CT molecular complexity index is 150. The molecule has 0 aromatic heterocycles. The zero-order chi connectivity index (χ0) is 9.07. The topological polar surface area (TPSA) is 49.3 Å². The van der Waals surface area contributed by atoms with E-state index in [1.165, 1.54) is 6.92 Å². The molecular formula is C6H11F2NO2. The molecular weight excluding hydrogens is 156 g/mol. The lowest BCUT2D eigenvalue weighted by Crippen LogP contribution is -2.46. The second-order valence-electron chi connectivity index (χ2n) is 2.13. The first-order valence-electron chi connectivity index (χ1n) is 3.24. The zero-order valence-corrected chi connectivity index (χ0v) is 6.40. The first kappa shape index (κ1) is 10.3. The number of carbonyl (C=O) groups is 1. The van der Waals surface area contributed by atoms with E-state index in [2.05, 4.69) is 0 Å². The zero-order valence-electron chi connectivity index (χ0n) is 6.40. The minimum atomic E-state index is -3.68. The molecule has 0 aliphatic rings. The van der Waals surface area contributed by atoms with Crippen molar-refractivity contribution in [2.45, 2.75) is 25.4 Å². The summed E-state index contributed by atoms with van der Waals surface area (Å²) in [7, 11) is 1.10. The van der Waals surface area contributed by atoms with Gasteiger partial charge in [0.05, 0.1) is 0 Å². The Hall–Kier alpha value is -0.710. The Morgan fingerprint density at radius 1 is 1.73 bits per heavy atom. The molecule has 0 aromatic carbocycles. The van der Waals surface area contributed by atoms with E-state index >= 15 is 0 Å². The number of hydrogen-bond acceptors (Lipinski definition) is 2. The molecule has 0 saturated heterocycles. The van der Waals surface area contributed by atoms with Gasteiger partial charge in [-0.1, -0.05) is 6.92 Å². The second-order valence-corrected chi connectivity index (χ2v) is 2.13. The lowest BCUT2D eigenvalue weighted by atomic mass is 10.1. The number of hydrogen-bond donors (Lipinski definition) is 2. The van der Waals surface area contributed by atoms with Crippen molar-refractivity contribution in [2.24, 2.45) is 0 Å². The van der Waals surface area contributed by atoms with Gasteiger partial charge in [0.1, 0.15) is 6.10 Å². The number of halogens is 2. The van der Waals surface area contributed by atoms with Gasteiger partial charge in [0.2, 0.25) is 0 Å². The predicted molar refractivity (Wildman–Crippen MR) is 35.3 cm³/mol. The van der Waals surface area contributed by atoms with Crippen LogP contribution in [0.3, 0.4) is 0 Å². The van der Waals surface area contributed by atoms with Crippen LogP contribution in [0.15, 0.2) is 0 Å². The van der Waals surface area contributed by atoms with Crippen molar-refractivity contribution in [3.8, 4) is 0 Å². The third kappa shape index (κ3) is 2.11. The summed E-state index contributed by atoms with van der Waals surface area (Å²) in [4.78, 5) is 10.4. The predicted octanol–water partition coefficient (Wildman–Crippen LogP) is 0.139. The standard InChI is InChI=1S/C6H11F2NO2/c1-3-4(10)6(7,8)5(11)9-2/h4,10H,3H2,1-2H3,(H,9,11)/t4-/m0/s1. The minimum absolute atomic E-state index is 0.152. The fraction of sp³-hybridized carbons (Fsp3) is 0.833. The van der Waals surface area contributed by atoms with Crippen LogP contribution in [0.2, 0.25) is 0 Å². The molecule has 11 heavy (non-hydrogen) atoms. The number of aliphatic hydroxyl groups excluding tert-OH is 1. The summed E-state index contributed by atoms with van der Waals surface area (Å²) >= 11 is 0. The molecule has 1 amide bonds. The van der Waals surface area contributed by atoms with Crippen LogP contribution in [0.4, 0.5) is 8.78 Å².